The number of amides is 1. The summed E-state index contributed by atoms with van der Waals surface area (Å²) in [7, 11) is 0. The third kappa shape index (κ3) is 5.26. The molecule has 0 aliphatic carbocycles. The number of hydrogen-bond donors (Lipinski definition) is 2. The maximum Gasteiger partial charge on any atom is 0.270 e. The number of rotatable bonds is 7. The van der Waals surface area contributed by atoms with E-state index in [2.05, 4.69) is 27.2 Å². The molecule has 0 aliphatic rings. The SMILES string of the molecule is C=C(NCc1ccc(F)c(C)c1)c1cc(C(=O)NCc2ccc(F)c(C)c2)ncn1. The zero-order valence-electron chi connectivity index (χ0n) is 16.8. The van der Waals surface area contributed by atoms with Crippen molar-refractivity contribution in [2.24, 2.45) is 0 Å². The molecule has 0 bridgehead atoms. The zero-order valence-corrected chi connectivity index (χ0v) is 16.8. The highest BCUT2D eigenvalue weighted by atomic mass is 19.1. The molecule has 0 fully saturated rings. The molecule has 1 amide bonds. The summed E-state index contributed by atoms with van der Waals surface area (Å²) in [6, 6.07) is 11.1. The average molecular weight is 408 g/mol. The molecule has 1 aromatic heterocycles. The lowest BCUT2D eigenvalue weighted by molar-refractivity contribution is 0.0945. The van der Waals surface area contributed by atoms with E-state index in [1.54, 1.807) is 38.1 Å². The van der Waals surface area contributed by atoms with E-state index < -0.39 is 0 Å². The quantitative estimate of drug-likeness (QED) is 0.619. The van der Waals surface area contributed by atoms with Gasteiger partial charge in [0.05, 0.1) is 11.4 Å². The molecule has 0 saturated carbocycles. The van der Waals surface area contributed by atoms with Gasteiger partial charge >= 0.3 is 0 Å². The first-order valence-corrected chi connectivity index (χ1v) is 9.37. The Bertz CT molecular complexity index is 1020. The molecular weight excluding hydrogens is 386 g/mol. The minimum atomic E-state index is -0.373. The number of aromatic nitrogens is 2. The van der Waals surface area contributed by atoms with Crippen LogP contribution < -0.4 is 10.6 Å². The van der Waals surface area contributed by atoms with Crippen molar-refractivity contribution >= 4 is 11.6 Å². The summed E-state index contributed by atoms with van der Waals surface area (Å²) in [5.74, 6) is -0.908. The Hall–Kier alpha value is -3.61. The van der Waals surface area contributed by atoms with E-state index in [9.17, 15) is 13.6 Å². The normalized spacial score (nSPS) is 10.5. The summed E-state index contributed by atoms with van der Waals surface area (Å²) >= 11 is 0. The minimum absolute atomic E-state index is 0.194. The molecule has 2 N–H and O–H groups in total. The van der Waals surface area contributed by atoms with E-state index in [0.717, 1.165) is 11.1 Å². The molecule has 0 spiro atoms. The maximum absolute atomic E-state index is 13.4. The van der Waals surface area contributed by atoms with Crippen LogP contribution in [0.1, 0.15) is 38.4 Å². The van der Waals surface area contributed by atoms with Gasteiger partial charge in [-0.05, 0) is 54.3 Å². The molecule has 5 nitrogen and oxygen atoms in total. The van der Waals surface area contributed by atoms with Gasteiger partial charge in [0.15, 0.2) is 0 Å². The second kappa shape index (κ2) is 9.26. The Morgan fingerprint density at radius 1 is 0.867 bits per heavy atom. The van der Waals surface area contributed by atoms with E-state index in [4.69, 9.17) is 0 Å². The molecule has 0 radical (unpaired) electrons. The summed E-state index contributed by atoms with van der Waals surface area (Å²) in [6.45, 7) is 8.02. The lowest BCUT2D eigenvalue weighted by Crippen LogP contribution is -2.24. The first-order chi connectivity index (χ1) is 14.3. The topological polar surface area (TPSA) is 66.9 Å². The molecule has 0 unspecified atom stereocenters. The Kier molecular flexibility index (Phi) is 6.51. The summed E-state index contributed by atoms with van der Waals surface area (Å²) in [5.41, 5.74) is 3.96. The Labute approximate surface area is 173 Å². The average Bonchev–Trinajstić information content (AvgIpc) is 2.75. The number of nitrogens with one attached hydrogen (secondary N) is 2. The first-order valence-electron chi connectivity index (χ1n) is 9.37. The largest absolute Gasteiger partial charge is 0.380 e. The molecule has 2 aromatic carbocycles. The van der Waals surface area contributed by atoms with Crippen LogP contribution in [0.5, 0.6) is 0 Å². The van der Waals surface area contributed by atoms with Gasteiger partial charge in [-0.2, -0.15) is 0 Å². The molecule has 0 saturated heterocycles. The molecular formula is C23H22F2N4O. The van der Waals surface area contributed by atoms with Gasteiger partial charge in [0.2, 0.25) is 0 Å². The molecule has 1 heterocycles. The van der Waals surface area contributed by atoms with Crippen LogP contribution in [-0.2, 0) is 13.1 Å². The molecule has 0 aliphatic heterocycles. The number of carbonyl (C=O) groups excluding carboxylic acids is 1. The highest BCUT2D eigenvalue weighted by molar-refractivity contribution is 5.92. The summed E-state index contributed by atoms with van der Waals surface area (Å²) in [4.78, 5) is 20.6. The van der Waals surface area contributed by atoms with E-state index in [0.29, 0.717) is 29.1 Å². The fourth-order valence-electron chi connectivity index (χ4n) is 2.85. The molecule has 0 atom stereocenters. The van der Waals surface area contributed by atoms with Crippen LogP contribution in [0, 0.1) is 25.5 Å². The third-order valence-corrected chi connectivity index (χ3v) is 4.61. The van der Waals surface area contributed by atoms with Crippen molar-refractivity contribution in [3.8, 4) is 0 Å². The molecule has 30 heavy (non-hydrogen) atoms. The van der Waals surface area contributed by atoms with Gasteiger partial charge in [-0.3, -0.25) is 4.79 Å². The predicted octanol–water partition coefficient (Wildman–Crippen LogP) is 4.06. The zero-order chi connectivity index (χ0) is 21.7. The highest BCUT2D eigenvalue weighted by Gasteiger charge is 2.11. The second-order valence-corrected chi connectivity index (χ2v) is 6.97. The van der Waals surface area contributed by atoms with Crippen LogP contribution in [0.2, 0.25) is 0 Å². The van der Waals surface area contributed by atoms with Gasteiger partial charge in [0.1, 0.15) is 23.7 Å². The van der Waals surface area contributed by atoms with Crippen LogP contribution in [0.15, 0.2) is 55.4 Å². The van der Waals surface area contributed by atoms with Gasteiger partial charge in [0, 0.05) is 13.1 Å². The second-order valence-electron chi connectivity index (χ2n) is 6.97. The number of hydrogen-bond acceptors (Lipinski definition) is 4. The van der Waals surface area contributed by atoms with Gasteiger partial charge in [-0.25, -0.2) is 18.7 Å². The van der Waals surface area contributed by atoms with Crippen LogP contribution in [0.4, 0.5) is 8.78 Å². The monoisotopic (exact) mass is 408 g/mol. The van der Waals surface area contributed by atoms with Gasteiger partial charge < -0.3 is 10.6 Å². The highest BCUT2D eigenvalue weighted by Crippen LogP contribution is 2.13. The van der Waals surface area contributed by atoms with E-state index >= 15 is 0 Å². The van der Waals surface area contributed by atoms with E-state index in [1.165, 1.54) is 24.5 Å². The molecule has 154 valence electrons. The standard InChI is InChI=1S/C23H22F2N4O/c1-14-8-17(4-6-19(14)24)11-26-16(3)21-10-22(29-13-28-21)23(30)27-12-18-5-7-20(25)15(2)9-18/h4-10,13,26H,3,11-12H2,1-2H3,(H,27,30). The van der Waals surface area contributed by atoms with Crippen molar-refractivity contribution in [3.05, 3.63) is 101 Å². The summed E-state index contributed by atoms with van der Waals surface area (Å²) < 4.78 is 26.7. The molecule has 3 aromatic rings. The van der Waals surface area contributed by atoms with Crippen molar-refractivity contribution in [1.29, 1.82) is 0 Å². The third-order valence-electron chi connectivity index (χ3n) is 4.61. The van der Waals surface area contributed by atoms with Gasteiger partial charge in [-0.15, -0.1) is 0 Å². The molecule has 7 heteroatoms. The Morgan fingerprint density at radius 2 is 1.40 bits per heavy atom. The minimum Gasteiger partial charge on any atom is -0.380 e. The predicted molar refractivity (Wildman–Crippen MR) is 111 cm³/mol. The van der Waals surface area contributed by atoms with Crippen LogP contribution in [0.3, 0.4) is 0 Å². The lowest BCUT2D eigenvalue weighted by Gasteiger charge is -2.11. The fourth-order valence-corrected chi connectivity index (χ4v) is 2.85. The van der Waals surface area contributed by atoms with Gasteiger partial charge in [-0.1, -0.05) is 30.8 Å². The fraction of sp³-hybridized carbons (Fsp3) is 0.174. The smallest absolute Gasteiger partial charge is 0.270 e. The Morgan fingerprint density at radius 3 is 1.97 bits per heavy atom. The van der Waals surface area contributed by atoms with Crippen LogP contribution in [0.25, 0.3) is 5.70 Å². The van der Waals surface area contributed by atoms with Gasteiger partial charge in [0.25, 0.3) is 5.91 Å². The van der Waals surface area contributed by atoms with E-state index in [1.807, 2.05) is 0 Å². The first kappa shape index (κ1) is 21.1. The number of nitrogens with zero attached hydrogens (tertiary/aromatic N) is 2. The van der Waals surface area contributed by atoms with Crippen molar-refractivity contribution in [2.75, 3.05) is 0 Å². The number of halogens is 2. The summed E-state index contributed by atoms with van der Waals surface area (Å²) in [5, 5.41) is 5.88. The lowest BCUT2D eigenvalue weighted by atomic mass is 10.1. The van der Waals surface area contributed by atoms with Crippen molar-refractivity contribution in [1.82, 2.24) is 20.6 Å². The van der Waals surface area contributed by atoms with Crippen LogP contribution in [-0.4, -0.2) is 15.9 Å². The number of benzene rings is 2. The number of carbonyl (C=O) groups is 1. The molecule has 3 rings (SSSR count). The van der Waals surface area contributed by atoms with Crippen molar-refractivity contribution in [2.45, 2.75) is 26.9 Å². The van der Waals surface area contributed by atoms with Crippen molar-refractivity contribution < 1.29 is 13.6 Å². The van der Waals surface area contributed by atoms with Crippen molar-refractivity contribution in [3.63, 3.8) is 0 Å². The van der Waals surface area contributed by atoms with Crippen LogP contribution >= 0.6 is 0 Å². The maximum atomic E-state index is 13.4. The Balaban J connectivity index is 1.61. The summed E-state index contributed by atoms with van der Waals surface area (Å²) in [6.07, 6.45) is 1.29. The number of aryl methyl sites for hydroxylation is 2. The van der Waals surface area contributed by atoms with E-state index in [-0.39, 0.29) is 29.8 Å².